The third-order valence-electron chi connectivity index (χ3n) is 3.59. The van der Waals surface area contributed by atoms with Gasteiger partial charge in [0.25, 0.3) is 5.91 Å². The summed E-state index contributed by atoms with van der Waals surface area (Å²) in [5.74, 6) is -1.71. The largest absolute Gasteiger partial charge is 0.462 e. The van der Waals surface area contributed by atoms with E-state index in [1.54, 1.807) is 13.8 Å². The highest BCUT2D eigenvalue weighted by Crippen LogP contribution is 2.33. The van der Waals surface area contributed by atoms with Crippen molar-refractivity contribution in [1.29, 1.82) is 0 Å². The highest BCUT2D eigenvalue weighted by molar-refractivity contribution is 7.18. The van der Waals surface area contributed by atoms with Crippen LogP contribution in [0, 0.1) is 12.7 Å². The molecule has 6 nitrogen and oxygen atoms in total. The van der Waals surface area contributed by atoms with Gasteiger partial charge in [-0.15, -0.1) is 11.3 Å². The summed E-state index contributed by atoms with van der Waals surface area (Å²) in [6.45, 7) is 3.52. The Morgan fingerprint density at radius 2 is 1.85 bits per heavy atom. The van der Waals surface area contributed by atoms with Gasteiger partial charge in [0.05, 0.1) is 18.6 Å². The van der Waals surface area contributed by atoms with Crippen LogP contribution in [0.1, 0.15) is 38.1 Å². The lowest BCUT2D eigenvalue weighted by Crippen LogP contribution is -2.21. The number of esters is 1. The minimum absolute atomic E-state index is 0.0130. The summed E-state index contributed by atoms with van der Waals surface area (Å²) in [7, 11) is 1.47. The molecule has 26 heavy (non-hydrogen) atoms. The Kier molecular flexibility index (Phi) is 6.46. The topological polar surface area (TPSA) is 84.5 Å². The van der Waals surface area contributed by atoms with Crippen LogP contribution in [-0.4, -0.2) is 31.4 Å². The van der Waals surface area contributed by atoms with Crippen LogP contribution in [0.4, 0.5) is 9.39 Å². The van der Waals surface area contributed by atoms with E-state index in [4.69, 9.17) is 4.74 Å². The van der Waals surface area contributed by atoms with E-state index in [1.807, 2.05) is 0 Å². The summed E-state index contributed by atoms with van der Waals surface area (Å²) in [6, 6.07) is 5.57. The average molecular weight is 378 g/mol. The molecule has 2 N–H and O–H groups in total. The van der Waals surface area contributed by atoms with Gasteiger partial charge in [-0.3, -0.25) is 9.59 Å². The zero-order valence-electron chi connectivity index (χ0n) is 14.6. The van der Waals surface area contributed by atoms with Crippen molar-refractivity contribution in [1.82, 2.24) is 5.32 Å². The Balaban J connectivity index is 2.27. The number of benzene rings is 1. The Morgan fingerprint density at radius 3 is 2.42 bits per heavy atom. The van der Waals surface area contributed by atoms with Gasteiger partial charge in [0.1, 0.15) is 15.7 Å². The van der Waals surface area contributed by atoms with E-state index in [1.165, 1.54) is 31.3 Å². The molecule has 1 heterocycles. The van der Waals surface area contributed by atoms with Crippen LogP contribution >= 0.6 is 11.3 Å². The first-order valence-electron chi connectivity index (χ1n) is 7.94. The molecule has 0 aliphatic carbocycles. The SMILES string of the molecule is CCOC(=O)c1sc(NC(=O)Cc2ccc(F)cc2)c(C(=O)NC)c1C. The molecule has 0 bridgehead atoms. The lowest BCUT2D eigenvalue weighted by molar-refractivity contribution is -0.115. The molecular formula is C18H19FN2O4S. The molecule has 0 fully saturated rings. The monoisotopic (exact) mass is 378 g/mol. The van der Waals surface area contributed by atoms with Crippen LogP contribution in [0.3, 0.4) is 0 Å². The quantitative estimate of drug-likeness (QED) is 0.757. The summed E-state index contributed by atoms with van der Waals surface area (Å²) in [6.07, 6.45) is 0.0130. The normalized spacial score (nSPS) is 10.3. The van der Waals surface area contributed by atoms with Gasteiger partial charge in [0.2, 0.25) is 5.91 Å². The van der Waals surface area contributed by atoms with Crippen LogP contribution in [0.15, 0.2) is 24.3 Å². The predicted octanol–water partition coefficient (Wildman–Crippen LogP) is 2.91. The number of hydrogen-bond acceptors (Lipinski definition) is 5. The van der Waals surface area contributed by atoms with Gasteiger partial charge in [0.15, 0.2) is 0 Å². The van der Waals surface area contributed by atoms with Crippen molar-refractivity contribution >= 4 is 34.1 Å². The van der Waals surface area contributed by atoms with Crippen molar-refractivity contribution in [2.24, 2.45) is 0 Å². The molecule has 0 spiro atoms. The van der Waals surface area contributed by atoms with E-state index in [2.05, 4.69) is 10.6 Å². The number of rotatable bonds is 6. The molecule has 0 unspecified atom stereocenters. The second-order valence-corrected chi connectivity index (χ2v) is 6.43. The maximum atomic E-state index is 13.0. The first kappa shape index (κ1) is 19.6. The summed E-state index contributed by atoms with van der Waals surface area (Å²) < 4.78 is 17.9. The van der Waals surface area contributed by atoms with E-state index in [-0.39, 0.29) is 40.2 Å². The molecule has 8 heteroatoms. The number of hydrogen-bond donors (Lipinski definition) is 2. The molecule has 0 saturated heterocycles. The summed E-state index contributed by atoms with van der Waals surface area (Å²) in [5.41, 5.74) is 1.31. The molecule has 0 aliphatic heterocycles. The van der Waals surface area contributed by atoms with Gasteiger partial charge < -0.3 is 15.4 Å². The second kappa shape index (κ2) is 8.57. The number of carbonyl (C=O) groups is 3. The Hall–Kier alpha value is -2.74. The molecule has 1 aromatic carbocycles. The molecular weight excluding hydrogens is 359 g/mol. The Morgan fingerprint density at radius 1 is 1.19 bits per heavy atom. The summed E-state index contributed by atoms with van der Waals surface area (Å²) >= 11 is 0.992. The van der Waals surface area contributed by atoms with E-state index in [0.29, 0.717) is 11.1 Å². The molecule has 0 radical (unpaired) electrons. The smallest absolute Gasteiger partial charge is 0.348 e. The molecule has 2 rings (SSSR count). The molecule has 138 valence electrons. The van der Waals surface area contributed by atoms with Crippen LogP contribution in [0.5, 0.6) is 0 Å². The fourth-order valence-electron chi connectivity index (χ4n) is 2.35. The van der Waals surface area contributed by atoms with Gasteiger partial charge in [0, 0.05) is 7.05 Å². The lowest BCUT2D eigenvalue weighted by Gasteiger charge is -2.06. The number of amides is 2. The van der Waals surface area contributed by atoms with E-state index >= 15 is 0 Å². The number of nitrogens with one attached hydrogen (secondary N) is 2. The standard InChI is InChI=1S/C18H19FN2O4S/c1-4-25-18(24)15-10(2)14(16(23)20-3)17(26-15)21-13(22)9-11-5-7-12(19)8-6-11/h5-8H,4,9H2,1-3H3,(H,20,23)(H,21,22). The van der Waals surface area contributed by atoms with Crippen LogP contribution in [-0.2, 0) is 16.0 Å². The minimum Gasteiger partial charge on any atom is -0.462 e. The van der Waals surface area contributed by atoms with Crippen molar-refractivity contribution in [2.45, 2.75) is 20.3 Å². The lowest BCUT2D eigenvalue weighted by atomic mass is 10.1. The van der Waals surface area contributed by atoms with Crippen molar-refractivity contribution in [3.05, 3.63) is 51.7 Å². The molecule has 0 aliphatic rings. The van der Waals surface area contributed by atoms with Gasteiger partial charge in [-0.05, 0) is 37.1 Å². The first-order valence-corrected chi connectivity index (χ1v) is 8.75. The number of ether oxygens (including phenoxy) is 1. The maximum absolute atomic E-state index is 13.0. The zero-order chi connectivity index (χ0) is 19.3. The number of anilines is 1. The van der Waals surface area contributed by atoms with Crippen molar-refractivity contribution in [3.8, 4) is 0 Å². The fraction of sp³-hybridized carbons (Fsp3) is 0.278. The highest BCUT2D eigenvalue weighted by atomic mass is 32.1. The van der Waals surface area contributed by atoms with E-state index < -0.39 is 11.9 Å². The molecule has 0 atom stereocenters. The molecule has 2 amide bonds. The third kappa shape index (κ3) is 4.45. The predicted molar refractivity (Wildman–Crippen MR) is 97.1 cm³/mol. The molecule has 0 saturated carbocycles. The summed E-state index contributed by atoms with van der Waals surface area (Å²) in [5, 5.41) is 5.44. The van der Waals surface area contributed by atoms with Gasteiger partial charge in [-0.1, -0.05) is 12.1 Å². The van der Waals surface area contributed by atoms with Gasteiger partial charge in [-0.2, -0.15) is 0 Å². The van der Waals surface area contributed by atoms with Gasteiger partial charge in [-0.25, -0.2) is 9.18 Å². The van der Waals surface area contributed by atoms with Gasteiger partial charge >= 0.3 is 5.97 Å². The summed E-state index contributed by atoms with van der Waals surface area (Å²) in [4.78, 5) is 36.8. The van der Waals surface area contributed by atoms with Crippen LogP contribution in [0.25, 0.3) is 0 Å². The number of carbonyl (C=O) groups excluding carboxylic acids is 3. The van der Waals surface area contributed by atoms with Crippen molar-refractivity contribution < 1.29 is 23.5 Å². The van der Waals surface area contributed by atoms with E-state index in [0.717, 1.165) is 11.3 Å². The maximum Gasteiger partial charge on any atom is 0.348 e. The van der Waals surface area contributed by atoms with Crippen molar-refractivity contribution in [3.63, 3.8) is 0 Å². The third-order valence-corrected chi connectivity index (χ3v) is 4.78. The average Bonchev–Trinajstić information content (AvgIpc) is 2.92. The number of thiophene rings is 1. The zero-order valence-corrected chi connectivity index (χ0v) is 15.5. The minimum atomic E-state index is -0.542. The van der Waals surface area contributed by atoms with E-state index in [9.17, 15) is 18.8 Å². The second-order valence-electron chi connectivity index (χ2n) is 5.41. The fourth-order valence-corrected chi connectivity index (χ4v) is 3.46. The molecule has 1 aromatic heterocycles. The first-order chi connectivity index (χ1) is 12.4. The highest BCUT2D eigenvalue weighted by Gasteiger charge is 2.25. The van der Waals surface area contributed by atoms with Crippen molar-refractivity contribution in [2.75, 3.05) is 19.0 Å². The Labute approximate surface area is 154 Å². The molecule has 2 aromatic rings. The van der Waals surface area contributed by atoms with Crippen LogP contribution in [0.2, 0.25) is 0 Å². The number of halogens is 1. The van der Waals surface area contributed by atoms with Crippen LogP contribution < -0.4 is 10.6 Å². The Bertz CT molecular complexity index is 830.